The molecule has 0 aliphatic carbocycles. The average molecular weight is 595 g/mol. The molecule has 4 aromatic heterocycles. The van der Waals surface area contributed by atoms with Crippen LogP contribution in [0.3, 0.4) is 0 Å². The predicted molar refractivity (Wildman–Crippen MR) is 186 cm³/mol. The fraction of sp³-hybridized carbons (Fsp3) is 0. The highest BCUT2D eigenvalue weighted by molar-refractivity contribution is 7.26. The van der Waals surface area contributed by atoms with E-state index in [2.05, 4.69) is 108 Å². The number of aromatic nitrogens is 2. The molecular formula is C40H22N2O2S. The summed E-state index contributed by atoms with van der Waals surface area (Å²) in [5.41, 5.74) is 10.3. The Morgan fingerprint density at radius 3 is 2.09 bits per heavy atom. The summed E-state index contributed by atoms with van der Waals surface area (Å²) in [6.07, 6.45) is 1.63. The Kier molecular flexibility index (Phi) is 5.12. The van der Waals surface area contributed by atoms with Gasteiger partial charge < -0.3 is 8.83 Å². The summed E-state index contributed by atoms with van der Waals surface area (Å²) in [6, 6.07) is 44.8. The van der Waals surface area contributed by atoms with Gasteiger partial charge in [-0.2, -0.15) is 0 Å². The third-order valence-corrected chi connectivity index (χ3v) is 10.0. The van der Waals surface area contributed by atoms with Gasteiger partial charge in [0.15, 0.2) is 5.58 Å². The third-order valence-electron chi connectivity index (χ3n) is 8.80. The molecule has 10 aromatic rings. The maximum Gasteiger partial charge on any atom is 0.180 e. The third kappa shape index (κ3) is 3.71. The average Bonchev–Trinajstić information content (AvgIpc) is 3.78. The van der Waals surface area contributed by atoms with Crippen molar-refractivity contribution < 1.29 is 8.83 Å². The zero-order valence-corrected chi connectivity index (χ0v) is 24.6. The van der Waals surface area contributed by atoms with Gasteiger partial charge in [0.1, 0.15) is 34.3 Å². The van der Waals surface area contributed by atoms with Crippen molar-refractivity contribution in [2.24, 2.45) is 0 Å². The second-order valence-electron chi connectivity index (χ2n) is 11.4. The SMILES string of the molecule is c1cc(-c2cccc(-c3cccc4c3sc3ccccc34)c2)cc(-c2ncnc3c2oc2cc4oc5ccccc5c4cc23)c1. The molecule has 4 heterocycles. The first-order valence-corrected chi connectivity index (χ1v) is 15.7. The number of hydrogen-bond acceptors (Lipinski definition) is 5. The summed E-state index contributed by atoms with van der Waals surface area (Å²) < 4.78 is 15.2. The lowest BCUT2D eigenvalue weighted by molar-refractivity contribution is 0.655. The molecule has 0 amide bonds. The Bertz CT molecular complexity index is 2780. The smallest absolute Gasteiger partial charge is 0.180 e. The normalized spacial score (nSPS) is 12.0. The highest BCUT2D eigenvalue weighted by Gasteiger charge is 2.18. The fourth-order valence-electron chi connectivity index (χ4n) is 6.69. The molecule has 4 nitrogen and oxygen atoms in total. The molecule has 0 fully saturated rings. The van der Waals surface area contributed by atoms with E-state index in [0.717, 1.165) is 60.8 Å². The van der Waals surface area contributed by atoms with Crippen LogP contribution in [0.4, 0.5) is 0 Å². The number of nitrogens with zero attached hydrogens (tertiary/aromatic N) is 2. The highest BCUT2D eigenvalue weighted by atomic mass is 32.1. The number of rotatable bonds is 3. The molecule has 0 radical (unpaired) electrons. The Labute approximate surface area is 260 Å². The molecule has 0 aliphatic heterocycles. The maximum atomic E-state index is 6.45. The minimum atomic E-state index is 0.673. The van der Waals surface area contributed by atoms with Crippen molar-refractivity contribution in [3.05, 3.63) is 134 Å². The first kappa shape index (κ1) is 24.6. The van der Waals surface area contributed by atoms with Gasteiger partial charge in [-0.3, -0.25) is 0 Å². The van der Waals surface area contributed by atoms with Crippen molar-refractivity contribution in [1.29, 1.82) is 0 Å². The molecule has 0 bridgehead atoms. The van der Waals surface area contributed by atoms with Crippen LogP contribution in [0.5, 0.6) is 0 Å². The number of fused-ring (bicyclic) bond motifs is 9. The van der Waals surface area contributed by atoms with Crippen LogP contribution in [0, 0.1) is 0 Å². The lowest BCUT2D eigenvalue weighted by atomic mass is 9.96. The molecule has 210 valence electrons. The van der Waals surface area contributed by atoms with Gasteiger partial charge in [0.25, 0.3) is 0 Å². The number of hydrogen-bond donors (Lipinski definition) is 0. The van der Waals surface area contributed by atoms with Crippen LogP contribution in [-0.2, 0) is 0 Å². The standard InChI is InChI=1S/C40H22N2O2S/c1-3-16-33-28(12-1)31-20-32-35(21-34(31)43-33)44-39-37(41-22-42-38(32)39)26-11-6-9-24(19-26)23-8-5-10-25(18-23)27-14-7-15-30-29-13-2-4-17-36(29)45-40(27)30/h1-22H. The van der Waals surface area contributed by atoms with Gasteiger partial charge in [-0.15, -0.1) is 11.3 Å². The molecule has 45 heavy (non-hydrogen) atoms. The number of thiophene rings is 1. The monoisotopic (exact) mass is 594 g/mol. The van der Waals surface area contributed by atoms with Crippen molar-refractivity contribution in [1.82, 2.24) is 9.97 Å². The summed E-state index contributed by atoms with van der Waals surface area (Å²) in [7, 11) is 0. The molecule has 6 aromatic carbocycles. The first-order valence-electron chi connectivity index (χ1n) is 14.9. The van der Waals surface area contributed by atoms with E-state index in [4.69, 9.17) is 13.8 Å². The summed E-state index contributed by atoms with van der Waals surface area (Å²) >= 11 is 1.86. The Morgan fingerprint density at radius 2 is 1.18 bits per heavy atom. The molecule has 0 saturated carbocycles. The molecule has 0 spiro atoms. The van der Waals surface area contributed by atoms with Crippen LogP contribution in [0.1, 0.15) is 0 Å². The molecule has 0 aliphatic rings. The minimum Gasteiger partial charge on any atom is -0.456 e. The van der Waals surface area contributed by atoms with Crippen LogP contribution in [-0.4, -0.2) is 9.97 Å². The summed E-state index contributed by atoms with van der Waals surface area (Å²) in [4.78, 5) is 9.37. The largest absolute Gasteiger partial charge is 0.456 e. The minimum absolute atomic E-state index is 0.673. The fourth-order valence-corrected chi connectivity index (χ4v) is 7.93. The van der Waals surface area contributed by atoms with Crippen LogP contribution < -0.4 is 0 Å². The van der Waals surface area contributed by atoms with Crippen LogP contribution in [0.15, 0.2) is 143 Å². The van der Waals surface area contributed by atoms with E-state index in [1.165, 1.54) is 31.3 Å². The number of para-hydroxylation sites is 1. The van der Waals surface area contributed by atoms with Crippen molar-refractivity contribution in [2.75, 3.05) is 0 Å². The number of benzene rings is 6. The Balaban J connectivity index is 1.09. The van der Waals surface area contributed by atoms with E-state index in [9.17, 15) is 0 Å². The van der Waals surface area contributed by atoms with E-state index in [0.29, 0.717) is 5.58 Å². The van der Waals surface area contributed by atoms with Gasteiger partial charge in [-0.25, -0.2) is 9.97 Å². The molecule has 0 N–H and O–H groups in total. The van der Waals surface area contributed by atoms with Gasteiger partial charge in [-0.05, 0) is 52.6 Å². The molecule has 10 rings (SSSR count). The molecule has 0 unspecified atom stereocenters. The van der Waals surface area contributed by atoms with Gasteiger partial charge in [-0.1, -0.05) is 91.0 Å². The van der Waals surface area contributed by atoms with Crippen molar-refractivity contribution in [3.63, 3.8) is 0 Å². The second kappa shape index (κ2) is 9.36. The van der Waals surface area contributed by atoms with Crippen LogP contribution in [0.25, 0.3) is 97.7 Å². The van der Waals surface area contributed by atoms with Crippen molar-refractivity contribution >= 4 is 75.5 Å². The van der Waals surface area contributed by atoms with Gasteiger partial charge in [0.05, 0.1) is 0 Å². The topological polar surface area (TPSA) is 52.1 Å². The van der Waals surface area contributed by atoms with E-state index < -0.39 is 0 Å². The lowest BCUT2D eigenvalue weighted by Gasteiger charge is -2.09. The van der Waals surface area contributed by atoms with Crippen molar-refractivity contribution in [3.8, 4) is 33.5 Å². The lowest BCUT2D eigenvalue weighted by Crippen LogP contribution is -1.88. The predicted octanol–water partition coefficient (Wildman–Crippen LogP) is 11.6. The van der Waals surface area contributed by atoms with Crippen molar-refractivity contribution in [2.45, 2.75) is 0 Å². The van der Waals surface area contributed by atoms with Gasteiger partial charge in [0, 0.05) is 48.0 Å². The molecular weight excluding hydrogens is 573 g/mol. The zero-order chi connectivity index (χ0) is 29.5. The Morgan fingerprint density at radius 1 is 0.467 bits per heavy atom. The number of furan rings is 2. The maximum absolute atomic E-state index is 6.45. The van der Waals surface area contributed by atoms with E-state index in [1.807, 2.05) is 35.6 Å². The van der Waals surface area contributed by atoms with E-state index >= 15 is 0 Å². The van der Waals surface area contributed by atoms with E-state index in [1.54, 1.807) is 6.33 Å². The van der Waals surface area contributed by atoms with E-state index in [-0.39, 0.29) is 0 Å². The summed E-state index contributed by atoms with van der Waals surface area (Å²) in [5, 5.41) is 5.70. The highest BCUT2D eigenvalue weighted by Crippen LogP contribution is 2.42. The van der Waals surface area contributed by atoms with Crippen LogP contribution in [0.2, 0.25) is 0 Å². The van der Waals surface area contributed by atoms with Gasteiger partial charge in [0.2, 0.25) is 0 Å². The summed E-state index contributed by atoms with van der Waals surface area (Å²) in [6.45, 7) is 0. The summed E-state index contributed by atoms with van der Waals surface area (Å²) in [5.74, 6) is 0. The Hall–Kier alpha value is -5.78. The second-order valence-corrected chi connectivity index (χ2v) is 12.4. The zero-order valence-electron chi connectivity index (χ0n) is 23.8. The first-order chi connectivity index (χ1) is 22.3. The quantitative estimate of drug-likeness (QED) is 0.204. The molecule has 5 heteroatoms. The van der Waals surface area contributed by atoms with Gasteiger partial charge >= 0.3 is 0 Å². The molecule has 0 atom stereocenters. The molecule has 0 saturated heterocycles. The van der Waals surface area contributed by atoms with Crippen LogP contribution >= 0.6 is 11.3 Å².